The van der Waals surface area contributed by atoms with Crippen molar-refractivity contribution in [2.24, 2.45) is 7.05 Å². The van der Waals surface area contributed by atoms with Gasteiger partial charge in [0.05, 0.1) is 22.2 Å². The van der Waals surface area contributed by atoms with E-state index in [1.165, 1.54) is 0 Å². The van der Waals surface area contributed by atoms with Crippen molar-refractivity contribution in [2.45, 2.75) is 52.7 Å². The van der Waals surface area contributed by atoms with E-state index in [2.05, 4.69) is 48.5 Å². The first-order chi connectivity index (χ1) is 26.2. The number of hydrogen-bond donors (Lipinski definition) is 0. The molecule has 4 aromatic heterocycles. The van der Waals surface area contributed by atoms with Crippen molar-refractivity contribution in [3.05, 3.63) is 142 Å². The summed E-state index contributed by atoms with van der Waals surface area (Å²) in [5, 5.41) is 1.58. The van der Waals surface area contributed by atoms with Crippen molar-refractivity contribution in [3.8, 4) is 66.0 Å². The number of fused-ring (bicyclic) bond motifs is 2. The molecule has 0 radical (unpaired) electrons. The van der Waals surface area contributed by atoms with E-state index in [9.17, 15) is 9.59 Å². The number of rotatable bonds is 7. The molecular formula is C47H41NO6S. The lowest BCUT2D eigenvalue weighted by molar-refractivity contribution is 0.122. The Labute approximate surface area is 323 Å². The average molecular weight is 748 g/mol. The van der Waals surface area contributed by atoms with Crippen LogP contribution in [-0.2, 0) is 7.05 Å². The quantitative estimate of drug-likeness (QED) is 0.151. The Balaban J connectivity index is 1.11. The maximum absolute atomic E-state index is 13.6. The van der Waals surface area contributed by atoms with Gasteiger partial charge in [-0.15, -0.1) is 11.3 Å². The van der Waals surface area contributed by atoms with Crippen molar-refractivity contribution >= 4 is 33.3 Å². The molecule has 0 atom stereocenters. The second-order valence-corrected chi connectivity index (χ2v) is 16.8. The summed E-state index contributed by atoms with van der Waals surface area (Å²) in [7, 11) is 1.96. The number of thiophene rings is 1. The highest BCUT2D eigenvalue weighted by Gasteiger charge is 2.22. The van der Waals surface area contributed by atoms with Crippen LogP contribution in [0, 0.1) is 0 Å². The van der Waals surface area contributed by atoms with Gasteiger partial charge in [-0.2, -0.15) is 0 Å². The monoisotopic (exact) mass is 747 g/mol. The van der Waals surface area contributed by atoms with Gasteiger partial charge in [0.15, 0.2) is 0 Å². The number of para-hydroxylation sites is 1. The molecule has 0 N–H and O–H groups in total. The van der Waals surface area contributed by atoms with Gasteiger partial charge in [-0.25, -0.2) is 9.59 Å². The van der Waals surface area contributed by atoms with Crippen molar-refractivity contribution in [1.82, 2.24) is 4.57 Å². The Morgan fingerprint density at radius 1 is 0.545 bits per heavy atom. The summed E-state index contributed by atoms with van der Waals surface area (Å²) in [6.45, 7) is 11.9. The molecule has 8 heteroatoms. The van der Waals surface area contributed by atoms with E-state index < -0.39 is 16.8 Å². The van der Waals surface area contributed by atoms with Gasteiger partial charge in [0.1, 0.15) is 33.9 Å². The molecule has 0 unspecified atom stereocenters. The highest BCUT2D eigenvalue weighted by atomic mass is 32.1. The smallest absolute Gasteiger partial charge is 0.345 e. The van der Waals surface area contributed by atoms with Crippen LogP contribution >= 0.6 is 11.3 Å². The van der Waals surface area contributed by atoms with Gasteiger partial charge in [0.25, 0.3) is 0 Å². The standard InChI is InChI=1S/C47H41NO6S/c1-46(2,3)53-33-25-40-35(41(26-33)54-47(4,5)6)27-34(44(49)52-40)38-19-18-37(48(38)7)30-15-10-13-28(22-30)29-14-11-16-32(23-29)42-20-21-43(55-42)36-24-31-12-8-9-17-39(31)51-45(36)50/h8-27H,1-7H3. The molecule has 8 aromatic rings. The molecular weight excluding hydrogens is 707 g/mol. The predicted octanol–water partition coefficient (Wildman–Crippen LogP) is 12.0. The summed E-state index contributed by atoms with van der Waals surface area (Å²) in [6.07, 6.45) is 0. The molecule has 8 rings (SSSR count). The zero-order valence-corrected chi connectivity index (χ0v) is 32.7. The zero-order chi connectivity index (χ0) is 38.6. The van der Waals surface area contributed by atoms with E-state index in [4.69, 9.17) is 18.3 Å². The fraction of sp³-hybridized carbons (Fsp3) is 0.191. The summed E-state index contributed by atoms with van der Waals surface area (Å²) in [5.41, 5.74) is 6.09. The van der Waals surface area contributed by atoms with Gasteiger partial charge in [-0.3, -0.25) is 0 Å². The van der Waals surface area contributed by atoms with Gasteiger partial charge < -0.3 is 22.9 Å². The highest BCUT2D eigenvalue weighted by molar-refractivity contribution is 7.18. The second kappa shape index (κ2) is 13.6. The van der Waals surface area contributed by atoms with E-state index >= 15 is 0 Å². The minimum atomic E-state index is -0.491. The third-order valence-electron chi connectivity index (χ3n) is 9.18. The zero-order valence-electron chi connectivity index (χ0n) is 31.9. The van der Waals surface area contributed by atoms with E-state index in [0.29, 0.717) is 39.2 Å². The van der Waals surface area contributed by atoms with E-state index in [-0.39, 0.29) is 5.63 Å². The molecule has 0 aliphatic rings. The molecule has 55 heavy (non-hydrogen) atoms. The number of hydrogen-bond acceptors (Lipinski definition) is 7. The summed E-state index contributed by atoms with van der Waals surface area (Å²) >= 11 is 1.57. The first kappa shape index (κ1) is 35.9. The summed E-state index contributed by atoms with van der Waals surface area (Å²) in [5.74, 6) is 1.15. The Morgan fingerprint density at radius 3 is 1.91 bits per heavy atom. The lowest BCUT2D eigenvalue weighted by Gasteiger charge is -2.25. The van der Waals surface area contributed by atoms with Crippen molar-refractivity contribution in [3.63, 3.8) is 0 Å². The molecule has 0 saturated carbocycles. The minimum absolute atomic E-state index is 0.345. The molecule has 276 valence electrons. The van der Waals surface area contributed by atoms with Crippen LogP contribution < -0.4 is 20.7 Å². The molecule has 4 heterocycles. The fourth-order valence-electron chi connectivity index (χ4n) is 6.82. The third-order valence-corrected chi connectivity index (χ3v) is 10.3. The van der Waals surface area contributed by atoms with Crippen LogP contribution in [0.3, 0.4) is 0 Å². The number of aromatic nitrogens is 1. The van der Waals surface area contributed by atoms with Crippen LogP contribution in [0.15, 0.2) is 140 Å². The van der Waals surface area contributed by atoms with Crippen LogP contribution in [0.4, 0.5) is 0 Å². The first-order valence-electron chi connectivity index (χ1n) is 18.2. The van der Waals surface area contributed by atoms with E-state index in [1.807, 2.05) is 114 Å². The molecule has 7 nitrogen and oxygen atoms in total. The van der Waals surface area contributed by atoms with Crippen LogP contribution in [0.25, 0.3) is 76.5 Å². The van der Waals surface area contributed by atoms with Gasteiger partial charge in [0, 0.05) is 40.0 Å². The normalized spacial score (nSPS) is 12.1. The topological polar surface area (TPSA) is 83.8 Å². The molecule has 0 amide bonds. The number of ether oxygens (including phenoxy) is 2. The highest BCUT2D eigenvalue weighted by Crippen LogP contribution is 2.39. The van der Waals surface area contributed by atoms with E-state index in [1.54, 1.807) is 23.5 Å². The van der Waals surface area contributed by atoms with Crippen LogP contribution in [0.5, 0.6) is 11.5 Å². The van der Waals surface area contributed by atoms with Crippen LogP contribution in [0.2, 0.25) is 0 Å². The minimum Gasteiger partial charge on any atom is -0.488 e. The van der Waals surface area contributed by atoms with Gasteiger partial charge in [-0.1, -0.05) is 54.6 Å². The third kappa shape index (κ3) is 7.38. The molecule has 0 bridgehead atoms. The molecule has 0 saturated heterocycles. The first-order valence-corrected chi connectivity index (χ1v) is 19.0. The molecule has 0 aliphatic heterocycles. The average Bonchev–Trinajstić information content (AvgIpc) is 3.77. The SMILES string of the molecule is Cn1c(-c2cccc(-c3cccc(-c4ccc(-c5cc6ccccc6oc5=O)s4)c3)c2)ccc1-c1cc2c(OC(C)(C)C)cc(OC(C)(C)C)cc2oc1=O. The fourth-order valence-corrected chi connectivity index (χ4v) is 7.83. The van der Waals surface area contributed by atoms with E-state index in [0.717, 1.165) is 48.8 Å². The van der Waals surface area contributed by atoms with Crippen molar-refractivity contribution in [2.75, 3.05) is 0 Å². The largest absolute Gasteiger partial charge is 0.488 e. The Hall–Kier alpha value is -6.12. The van der Waals surface area contributed by atoms with Gasteiger partial charge >= 0.3 is 11.3 Å². The Morgan fingerprint density at radius 2 is 1.16 bits per heavy atom. The van der Waals surface area contributed by atoms with Gasteiger partial charge in [-0.05, 0) is 118 Å². The number of benzene rings is 4. The molecule has 0 spiro atoms. The second-order valence-electron chi connectivity index (χ2n) is 15.7. The van der Waals surface area contributed by atoms with Crippen molar-refractivity contribution in [1.29, 1.82) is 0 Å². The molecule has 0 fully saturated rings. The van der Waals surface area contributed by atoms with Crippen molar-refractivity contribution < 1.29 is 18.3 Å². The summed E-state index contributed by atoms with van der Waals surface area (Å²) < 4.78 is 26.1. The lowest BCUT2D eigenvalue weighted by Crippen LogP contribution is -2.24. The predicted molar refractivity (Wildman–Crippen MR) is 223 cm³/mol. The van der Waals surface area contributed by atoms with Crippen LogP contribution in [0.1, 0.15) is 41.5 Å². The summed E-state index contributed by atoms with van der Waals surface area (Å²) in [4.78, 5) is 28.4. The maximum Gasteiger partial charge on any atom is 0.345 e. The Kier molecular flexibility index (Phi) is 8.89. The van der Waals surface area contributed by atoms with Crippen LogP contribution in [-0.4, -0.2) is 15.8 Å². The Bertz CT molecular complexity index is 2860. The number of nitrogens with zero attached hydrogens (tertiary/aromatic N) is 1. The lowest BCUT2D eigenvalue weighted by atomic mass is 9.99. The van der Waals surface area contributed by atoms with Gasteiger partial charge in [0.2, 0.25) is 0 Å². The molecule has 0 aliphatic carbocycles. The maximum atomic E-state index is 13.6. The molecule has 4 aromatic carbocycles. The summed E-state index contributed by atoms with van der Waals surface area (Å²) in [6, 6.07) is 39.7.